The van der Waals surface area contributed by atoms with Gasteiger partial charge in [0.2, 0.25) is 0 Å². The lowest BCUT2D eigenvalue weighted by atomic mass is 10.1. The number of sulfone groups is 1. The van der Waals surface area contributed by atoms with Crippen molar-refractivity contribution in [2.45, 2.75) is 13.3 Å². The molecule has 1 amide bonds. The van der Waals surface area contributed by atoms with Crippen LogP contribution in [0.5, 0.6) is 0 Å². The third-order valence-corrected chi connectivity index (χ3v) is 5.26. The number of amides is 1. The van der Waals surface area contributed by atoms with Crippen molar-refractivity contribution in [3.8, 4) is 0 Å². The summed E-state index contributed by atoms with van der Waals surface area (Å²) in [5, 5.41) is 2.77. The van der Waals surface area contributed by atoms with Crippen molar-refractivity contribution in [2.75, 3.05) is 23.8 Å². The Morgan fingerprint density at radius 3 is 2.79 bits per heavy atom. The molecule has 1 aromatic rings. The van der Waals surface area contributed by atoms with E-state index in [1.807, 2.05) is 6.92 Å². The van der Waals surface area contributed by atoms with Crippen LogP contribution >= 0.6 is 0 Å². The summed E-state index contributed by atoms with van der Waals surface area (Å²) in [6.45, 7) is 2.27. The molecule has 1 aromatic carbocycles. The van der Waals surface area contributed by atoms with Gasteiger partial charge in [-0.1, -0.05) is 6.07 Å². The van der Waals surface area contributed by atoms with Gasteiger partial charge in [0.15, 0.2) is 9.84 Å². The van der Waals surface area contributed by atoms with Crippen molar-refractivity contribution < 1.29 is 13.2 Å². The second-order valence-corrected chi connectivity index (χ2v) is 7.28. The number of benzene rings is 1. The molecule has 3 N–H and O–H groups in total. The molecular formula is C13H18N2O3S. The Balaban J connectivity index is 1.93. The van der Waals surface area contributed by atoms with Crippen LogP contribution in [-0.2, 0) is 9.84 Å². The highest BCUT2D eigenvalue weighted by atomic mass is 32.2. The van der Waals surface area contributed by atoms with Gasteiger partial charge in [0.25, 0.3) is 5.91 Å². The molecule has 6 heteroatoms. The Hall–Kier alpha value is -1.56. The Labute approximate surface area is 113 Å². The van der Waals surface area contributed by atoms with E-state index < -0.39 is 9.84 Å². The maximum Gasteiger partial charge on any atom is 0.251 e. The largest absolute Gasteiger partial charge is 0.398 e. The van der Waals surface area contributed by atoms with Gasteiger partial charge in [-0.25, -0.2) is 8.42 Å². The van der Waals surface area contributed by atoms with Crippen molar-refractivity contribution >= 4 is 21.4 Å². The van der Waals surface area contributed by atoms with Crippen LogP contribution in [-0.4, -0.2) is 32.4 Å². The maximum atomic E-state index is 11.9. The Morgan fingerprint density at radius 2 is 2.21 bits per heavy atom. The molecule has 0 bridgehead atoms. The smallest absolute Gasteiger partial charge is 0.251 e. The standard InChI is InChI=1S/C13H18N2O3S/c1-9-2-3-11(6-12(9)14)13(16)15-7-10-4-5-19(17,18)8-10/h2-3,6,10H,4-5,7-8,14H2,1H3,(H,15,16). The second kappa shape index (κ2) is 5.21. The van der Waals surface area contributed by atoms with Gasteiger partial charge in [0, 0.05) is 17.8 Å². The first kappa shape index (κ1) is 13.9. The van der Waals surface area contributed by atoms with Gasteiger partial charge in [-0.2, -0.15) is 0 Å². The average molecular weight is 282 g/mol. The molecule has 0 radical (unpaired) electrons. The highest BCUT2D eigenvalue weighted by molar-refractivity contribution is 7.91. The SMILES string of the molecule is Cc1ccc(C(=O)NCC2CCS(=O)(=O)C2)cc1N. The van der Waals surface area contributed by atoms with Gasteiger partial charge >= 0.3 is 0 Å². The summed E-state index contributed by atoms with van der Waals surface area (Å²) in [4.78, 5) is 11.9. The summed E-state index contributed by atoms with van der Waals surface area (Å²) < 4.78 is 22.6. The van der Waals surface area contributed by atoms with E-state index in [4.69, 9.17) is 5.73 Å². The summed E-state index contributed by atoms with van der Waals surface area (Å²) in [7, 11) is -2.89. The zero-order valence-corrected chi connectivity index (χ0v) is 11.7. The van der Waals surface area contributed by atoms with E-state index in [9.17, 15) is 13.2 Å². The number of hydrogen-bond acceptors (Lipinski definition) is 4. The highest BCUT2D eigenvalue weighted by Gasteiger charge is 2.27. The molecule has 19 heavy (non-hydrogen) atoms. The molecular weight excluding hydrogens is 264 g/mol. The molecule has 2 rings (SSSR count). The van der Waals surface area contributed by atoms with Crippen molar-refractivity contribution in [3.63, 3.8) is 0 Å². The summed E-state index contributed by atoms with van der Waals surface area (Å²) in [5.41, 5.74) is 7.77. The fourth-order valence-electron chi connectivity index (χ4n) is 2.15. The van der Waals surface area contributed by atoms with Crippen LogP contribution in [0.1, 0.15) is 22.3 Å². The van der Waals surface area contributed by atoms with Gasteiger partial charge in [-0.05, 0) is 37.0 Å². The summed E-state index contributed by atoms with van der Waals surface area (Å²) in [5.74, 6) is 0.210. The van der Waals surface area contributed by atoms with Crippen LogP contribution < -0.4 is 11.1 Å². The van der Waals surface area contributed by atoms with E-state index >= 15 is 0 Å². The normalized spacial score (nSPS) is 21.2. The molecule has 0 spiro atoms. The maximum absolute atomic E-state index is 11.9. The molecule has 1 atom stereocenters. The number of aryl methyl sites for hydroxylation is 1. The van der Waals surface area contributed by atoms with Crippen molar-refractivity contribution in [1.29, 1.82) is 0 Å². The minimum absolute atomic E-state index is 0.0248. The predicted molar refractivity (Wildman–Crippen MR) is 74.7 cm³/mol. The Morgan fingerprint density at radius 1 is 1.47 bits per heavy atom. The minimum Gasteiger partial charge on any atom is -0.398 e. The van der Waals surface area contributed by atoms with Crippen LogP contribution in [0, 0.1) is 12.8 Å². The average Bonchev–Trinajstić information content (AvgIpc) is 2.69. The van der Waals surface area contributed by atoms with Gasteiger partial charge in [0.1, 0.15) is 0 Å². The number of nitrogen functional groups attached to an aromatic ring is 1. The van der Waals surface area contributed by atoms with E-state index in [0.717, 1.165) is 5.56 Å². The molecule has 5 nitrogen and oxygen atoms in total. The molecule has 1 fully saturated rings. The number of carbonyl (C=O) groups excluding carboxylic acids is 1. The number of nitrogens with two attached hydrogens (primary N) is 1. The van der Waals surface area contributed by atoms with Crippen LogP contribution in [0.15, 0.2) is 18.2 Å². The lowest BCUT2D eigenvalue weighted by Gasteiger charge is -2.10. The molecule has 1 heterocycles. The number of carbonyl (C=O) groups is 1. The molecule has 0 aromatic heterocycles. The highest BCUT2D eigenvalue weighted by Crippen LogP contribution is 2.18. The van der Waals surface area contributed by atoms with E-state index in [1.165, 1.54) is 0 Å². The minimum atomic E-state index is -2.89. The fourth-order valence-corrected chi connectivity index (χ4v) is 4.02. The first-order chi connectivity index (χ1) is 8.87. The molecule has 1 aliphatic heterocycles. The Bertz CT molecular complexity index is 596. The zero-order chi connectivity index (χ0) is 14.0. The molecule has 1 aliphatic rings. The molecule has 104 valence electrons. The first-order valence-electron chi connectivity index (χ1n) is 6.22. The van der Waals surface area contributed by atoms with Crippen molar-refractivity contribution in [3.05, 3.63) is 29.3 Å². The third kappa shape index (κ3) is 3.47. The second-order valence-electron chi connectivity index (χ2n) is 5.05. The van der Waals surface area contributed by atoms with E-state index in [-0.39, 0.29) is 23.3 Å². The van der Waals surface area contributed by atoms with Gasteiger partial charge in [0.05, 0.1) is 11.5 Å². The van der Waals surface area contributed by atoms with Gasteiger partial charge in [-0.15, -0.1) is 0 Å². The van der Waals surface area contributed by atoms with Crippen molar-refractivity contribution in [1.82, 2.24) is 5.32 Å². The summed E-state index contributed by atoms with van der Waals surface area (Å²) in [6.07, 6.45) is 0.624. The molecule has 1 saturated heterocycles. The number of hydrogen-bond donors (Lipinski definition) is 2. The predicted octanol–water partition coefficient (Wildman–Crippen LogP) is 0.742. The molecule has 0 aliphatic carbocycles. The number of rotatable bonds is 3. The quantitative estimate of drug-likeness (QED) is 0.800. The number of anilines is 1. The van der Waals surface area contributed by atoms with Crippen LogP contribution in [0.2, 0.25) is 0 Å². The third-order valence-electron chi connectivity index (χ3n) is 3.42. The summed E-state index contributed by atoms with van der Waals surface area (Å²) in [6, 6.07) is 5.15. The number of nitrogens with one attached hydrogen (secondary N) is 1. The van der Waals surface area contributed by atoms with E-state index in [2.05, 4.69) is 5.32 Å². The lowest BCUT2D eigenvalue weighted by Crippen LogP contribution is -2.29. The zero-order valence-electron chi connectivity index (χ0n) is 10.8. The fraction of sp³-hybridized carbons (Fsp3) is 0.462. The van der Waals surface area contributed by atoms with E-state index in [1.54, 1.807) is 18.2 Å². The van der Waals surface area contributed by atoms with Crippen LogP contribution in [0.4, 0.5) is 5.69 Å². The van der Waals surface area contributed by atoms with Gasteiger partial charge < -0.3 is 11.1 Å². The lowest BCUT2D eigenvalue weighted by molar-refractivity contribution is 0.0948. The molecule has 0 saturated carbocycles. The topological polar surface area (TPSA) is 89.3 Å². The Kier molecular flexibility index (Phi) is 3.80. The monoisotopic (exact) mass is 282 g/mol. The van der Waals surface area contributed by atoms with Crippen LogP contribution in [0.25, 0.3) is 0 Å². The van der Waals surface area contributed by atoms with Gasteiger partial charge in [-0.3, -0.25) is 4.79 Å². The van der Waals surface area contributed by atoms with Crippen LogP contribution in [0.3, 0.4) is 0 Å². The first-order valence-corrected chi connectivity index (χ1v) is 8.04. The summed E-state index contributed by atoms with van der Waals surface area (Å²) >= 11 is 0. The molecule has 1 unspecified atom stereocenters. The van der Waals surface area contributed by atoms with Crippen molar-refractivity contribution in [2.24, 2.45) is 5.92 Å². The van der Waals surface area contributed by atoms with E-state index in [0.29, 0.717) is 24.2 Å².